The number of halogens is 1. The van der Waals surface area contributed by atoms with Gasteiger partial charge in [0, 0.05) is 0 Å². The zero-order chi connectivity index (χ0) is 19.9. The van der Waals surface area contributed by atoms with Crippen molar-refractivity contribution < 1.29 is 28.5 Å². The first kappa shape index (κ1) is 19.8. The second kappa shape index (κ2) is 9.32. The lowest BCUT2D eigenvalue weighted by Crippen LogP contribution is -2.32. The number of benzene rings is 2. The molecule has 148 valence electrons. The Balaban J connectivity index is 1.42. The van der Waals surface area contributed by atoms with Gasteiger partial charge >= 0.3 is 5.97 Å². The Morgan fingerprint density at radius 2 is 2.00 bits per heavy atom. The van der Waals surface area contributed by atoms with E-state index < -0.39 is 18.5 Å². The van der Waals surface area contributed by atoms with Crippen molar-refractivity contribution in [3.63, 3.8) is 0 Å². The fourth-order valence-electron chi connectivity index (χ4n) is 2.56. The first-order valence-corrected chi connectivity index (χ1v) is 9.13. The van der Waals surface area contributed by atoms with Gasteiger partial charge in [-0.3, -0.25) is 4.79 Å². The van der Waals surface area contributed by atoms with Gasteiger partial charge in [-0.05, 0) is 36.8 Å². The molecule has 0 radical (unpaired) electrons. The van der Waals surface area contributed by atoms with Crippen LogP contribution < -0.4 is 19.5 Å². The second-order valence-electron chi connectivity index (χ2n) is 6.07. The van der Waals surface area contributed by atoms with E-state index in [-0.39, 0.29) is 10.6 Å². The van der Waals surface area contributed by atoms with Crippen molar-refractivity contribution in [1.29, 1.82) is 0 Å². The largest absolute Gasteiger partial charge is 0.492 e. The first-order valence-electron chi connectivity index (χ1n) is 8.75. The van der Waals surface area contributed by atoms with Crippen molar-refractivity contribution in [2.75, 3.05) is 33.0 Å². The number of carbonyl (C=O) groups excluding carboxylic acids is 2. The molecule has 8 heteroatoms. The number of hydrogen-bond acceptors (Lipinski definition) is 6. The molecule has 1 heterocycles. The van der Waals surface area contributed by atoms with E-state index >= 15 is 0 Å². The molecule has 2 aromatic rings. The van der Waals surface area contributed by atoms with Gasteiger partial charge in [0.05, 0.1) is 17.1 Å². The topological polar surface area (TPSA) is 83.1 Å². The summed E-state index contributed by atoms with van der Waals surface area (Å²) in [6.07, 6.45) is 0. The quantitative estimate of drug-likeness (QED) is 0.563. The molecule has 7 nitrogen and oxygen atoms in total. The van der Waals surface area contributed by atoms with Crippen LogP contribution in [0.5, 0.6) is 17.2 Å². The summed E-state index contributed by atoms with van der Waals surface area (Å²) >= 11 is 6.09. The fourth-order valence-corrected chi connectivity index (χ4v) is 2.82. The van der Waals surface area contributed by atoms with Gasteiger partial charge in [0.2, 0.25) is 0 Å². The molecule has 0 aliphatic carbocycles. The third kappa shape index (κ3) is 5.29. The number of aryl methyl sites for hydroxylation is 1. The fraction of sp³-hybridized carbons (Fsp3) is 0.300. The number of hydrogen-bond donors (Lipinski definition) is 1. The normalized spacial score (nSPS) is 12.2. The van der Waals surface area contributed by atoms with Crippen LogP contribution in [0.4, 0.5) is 0 Å². The van der Waals surface area contributed by atoms with Crippen LogP contribution in [0.1, 0.15) is 15.9 Å². The number of nitrogens with one attached hydrogen (secondary N) is 1. The van der Waals surface area contributed by atoms with E-state index in [9.17, 15) is 9.59 Å². The third-order valence-electron chi connectivity index (χ3n) is 3.85. The average molecular weight is 406 g/mol. The van der Waals surface area contributed by atoms with Crippen LogP contribution in [-0.2, 0) is 9.53 Å². The minimum Gasteiger partial charge on any atom is -0.492 e. The zero-order valence-electron chi connectivity index (χ0n) is 15.3. The molecular weight excluding hydrogens is 386 g/mol. The molecule has 0 saturated carbocycles. The summed E-state index contributed by atoms with van der Waals surface area (Å²) in [6.45, 7) is 2.92. The number of ether oxygens (including phenoxy) is 4. The van der Waals surface area contributed by atoms with Gasteiger partial charge < -0.3 is 24.3 Å². The SMILES string of the molecule is Cc1cccc(OCCNC(=O)COC(=O)c2cc(Cl)c3c(c2)OCCO3)c1. The molecule has 1 N–H and O–H groups in total. The summed E-state index contributed by atoms with van der Waals surface area (Å²) < 4.78 is 21.4. The number of esters is 1. The second-order valence-corrected chi connectivity index (χ2v) is 6.48. The standard InChI is InChI=1S/C20H20ClNO6/c1-13-3-2-4-15(9-13)25-6-5-22-18(23)12-28-20(24)14-10-16(21)19-17(11-14)26-7-8-27-19/h2-4,9-11H,5-8,12H2,1H3,(H,22,23). The lowest BCUT2D eigenvalue weighted by molar-refractivity contribution is -0.124. The molecule has 2 aromatic carbocycles. The molecule has 0 spiro atoms. The van der Waals surface area contributed by atoms with Crippen molar-refractivity contribution >= 4 is 23.5 Å². The maximum atomic E-state index is 12.2. The monoisotopic (exact) mass is 405 g/mol. The molecule has 1 aliphatic rings. The molecule has 3 rings (SSSR count). The summed E-state index contributed by atoms with van der Waals surface area (Å²) in [7, 11) is 0. The molecule has 0 aromatic heterocycles. The van der Waals surface area contributed by atoms with Crippen LogP contribution in [0.3, 0.4) is 0 Å². The number of carbonyl (C=O) groups is 2. The first-order chi connectivity index (χ1) is 13.5. The Morgan fingerprint density at radius 1 is 1.18 bits per heavy atom. The lowest BCUT2D eigenvalue weighted by Gasteiger charge is -2.19. The molecule has 0 saturated heterocycles. The van der Waals surface area contributed by atoms with Gasteiger partial charge in [0.15, 0.2) is 18.1 Å². The highest BCUT2D eigenvalue weighted by molar-refractivity contribution is 6.32. The van der Waals surface area contributed by atoms with Crippen molar-refractivity contribution in [3.05, 3.63) is 52.5 Å². The molecule has 0 unspecified atom stereocenters. The van der Waals surface area contributed by atoms with Crippen molar-refractivity contribution in [2.45, 2.75) is 6.92 Å². The van der Waals surface area contributed by atoms with Crippen LogP contribution in [-0.4, -0.2) is 44.8 Å². The number of rotatable bonds is 7. The minimum absolute atomic E-state index is 0.185. The van der Waals surface area contributed by atoms with E-state index in [2.05, 4.69) is 5.32 Å². The molecule has 1 amide bonds. The maximum absolute atomic E-state index is 12.2. The van der Waals surface area contributed by atoms with Gasteiger partial charge in [-0.2, -0.15) is 0 Å². The van der Waals surface area contributed by atoms with E-state index in [0.29, 0.717) is 37.9 Å². The van der Waals surface area contributed by atoms with E-state index in [1.807, 2.05) is 31.2 Å². The summed E-state index contributed by atoms with van der Waals surface area (Å²) in [4.78, 5) is 24.0. The predicted octanol–water partition coefficient (Wildman–Crippen LogP) is 2.77. The summed E-state index contributed by atoms with van der Waals surface area (Å²) in [5.41, 5.74) is 1.28. The zero-order valence-corrected chi connectivity index (χ0v) is 16.1. The van der Waals surface area contributed by atoms with Gasteiger partial charge in [-0.15, -0.1) is 0 Å². The van der Waals surface area contributed by atoms with Gasteiger partial charge in [-0.1, -0.05) is 23.7 Å². The Bertz CT molecular complexity index is 870. The van der Waals surface area contributed by atoms with Crippen LogP contribution in [0.15, 0.2) is 36.4 Å². The number of fused-ring (bicyclic) bond motifs is 1. The van der Waals surface area contributed by atoms with Crippen molar-refractivity contribution in [2.24, 2.45) is 0 Å². The Kier molecular flexibility index (Phi) is 6.60. The van der Waals surface area contributed by atoms with Crippen LogP contribution in [0.25, 0.3) is 0 Å². The maximum Gasteiger partial charge on any atom is 0.338 e. The molecule has 1 aliphatic heterocycles. The van der Waals surface area contributed by atoms with E-state index in [0.717, 1.165) is 11.3 Å². The highest BCUT2D eigenvalue weighted by Gasteiger charge is 2.20. The Labute approximate surface area is 167 Å². The smallest absolute Gasteiger partial charge is 0.338 e. The van der Waals surface area contributed by atoms with Gasteiger partial charge in [-0.25, -0.2) is 4.79 Å². The van der Waals surface area contributed by atoms with Crippen molar-refractivity contribution in [3.8, 4) is 17.2 Å². The van der Waals surface area contributed by atoms with E-state index in [4.69, 9.17) is 30.5 Å². The third-order valence-corrected chi connectivity index (χ3v) is 4.13. The number of amides is 1. The molecule has 28 heavy (non-hydrogen) atoms. The van der Waals surface area contributed by atoms with E-state index in [1.54, 1.807) is 0 Å². The highest BCUT2D eigenvalue weighted by Crippen LogP contribution is 2.38. The summed E-state index contributed by atoms with van der Waals surface area (Å²) in [6, 6.07) is 10.5. The molecule has 0 bridgehead atoms. The van der Waals surface area contributed by atoms with Crippen LogP contribution in [0.2, 0.25) is 5.02 Å². The van der Waals surface area contributed by atoms with Crippen LogP contribution >= 0.6 is 11.6 Å². The molecular formula is C20H20ClNO6. The summed E-state index contributed by atoms with van der Waals surface area (Å²) in [5.74, 6) is 0.408. The average Bonchev–Trinajstić information content (AvgIpc) is 2.69. The lowest BCUT2D eigenvalue weighted by atomic mass is 10.2. The summed E-state index contributed by atoms with van der Waals surface area (Å²) in [5, 5.41) is 2.88. The predicted molar refractivity (Wildman–Crippen MR) is 102 cm³/mol. The molecule has 0 fully saturated rings. The molecule has 0 atom stereocenters. The Morgan fingerprint density at radius 3 is 2.82 bits per heavy atom. The highest BCUT2D eigenvalue weighted by atomic mass is 35.5. The van der Waals surface area contributed by atoms with Gasteiger partial charge in [0.25, 0.3) is 5.91 Å². The van der Waals surface area contributed by atoms with Crippen molar-refractivity contribution in [1.82, 2.24) is 5.32 Å². The van der Waals surface area contributed by atoms with E-state index in [1.165, 1.54) is 12.1 Å². The minimum atomic E-state index is -0.676. The van der Waals surface area contributed by atoms with Crippen LogP contribution in [0, 0.1) is 6.92 Å². The van der Waals surface area contributed by atoms with Gasteiger partial charge in [0.1, 0.15) is 25.6 Å². The Hall–Kier alpha value is -2.93.